The van der Waals surface area contributed by atoms with Crippen LogP contribution in [0.1, 0.15) is 11.1 Å². The van der Waals surface area contributed by atoms with Crippen molar-refractivity contribution >= 4 is 5.82 Å². The Labute approximate surface area is 149 Å². The van der Waals surface area contributed by atoms with E-state index in [0.29, 0.717) is 6.54 Å². The zero-order chi connectivity index (χ0) is 18.8. The molecule has 8 nitrogen and oxygen atoms in total. The quantitative estimate of drug-likeness (QED) is 0.694. The van der Waals surface area contributed by atoms with E-state index in [-0.39, 0.29) is 11.4 Å². The maximum Gasteiger partial charge on any atom is 0.332 e. The Morgan fingerprint density at radius 2 is 1.85 bits per heavy atom. The fourth-order valence-corrected chi connectivity index (χ4v) is 2.89. The molecule has 0 spiro atoms. The predicted octanol–water partition coefficient (Wildman–Crippen LogP) is 0.778. The highest BCUT2D eigenvalue weighted by atomic mass is 16.2. The summed E-state index contributed by atoms with van der Waals surface area (Å²) in [6.07, 6.45) is 3.59. The molecule has 0 aliphatic carbocycles. The number of nitriles is 1. The molecule has 0 N–H and O–H groups in total. The van der Waals surface area contributed by atoms with Gasteiger partial charge in [-0.2, -0.15) is 10.4 Å². The molecule has 0 aliphatic rings. The van der Waals surface area contributed by atoms with Gasteiger partial charge >= 0.3 is 5.69 Å². The summed E-state index contributed by atoms with van der Waals surface area (Å²) in [5, 5.41) is 13.7. The SMILES string of the molecule is CN(Cc1cnn(-c2ccccc2)c1)c1c(C#N)c(=O)n(C)c(=O)n1C. The van der Waals surface area contributed by atoms with E-state index >= 15 is 0 Å². The zero-order valence-corrected chi connectivity index (χ0v) is 14.7. The second-order valence-corrected chi connectivity index (χ2v) is 6.00. The molecule has 2 aromatic heterocycles. The highest BCUT2D eigenvalue weighted by molar-refractivity contribution is 5.53. The lowest BCUT2D eigenvalue weighted by Crippen LogP contribution is -2.41. The van der Waals surface area contributed by atoms with Crippen LogP contribution in [-0.4, -0.2) is 26.0 Å². The smallest absolute Gasteiger partial charge is 0.332 e. The number of para-hydroxylation sites is 1. The van der Waals surface area contributed by atoms with Crippen LogP contribution >= 0.6 is 0 Å². The fraction of sp³-hybridized carbons (Fsp3) is 0.222. The monoisotopic (exact) mass is 350 g/mol. The molecule has 132 valence electrons. The van der Waals surface area contributed by atoms with E-state index in [1.165, 1.54) is 11.6 Å². The molecular formula is C18H18N6O2. The van der Waals surface area contributed by atoms with Gasteiger partial charge in [0.25, 0.3) is 5.56 Å². The average molecular weight is 350 g/mol. The first-order valence-electron chi connectivity index (χ1n) is 7.94. The van der Waals surface area contributed by atoms with Crippen molar-refractivity contribution in [3.63, 3.8) is 0 Å². The number of anilines is 1. The number of aromatic nitrogens is 4. The topological polar surface area (TPSA) is 88.8 Å². The van der Waals surface area contributed by atoms with Crippen LogP contribution in [0, 0.1) is 11.3 Å². The Morgan fingerprint density at radius 1 is 1.15 bits per heavy atom. The van der Waals surface area contributed by atoms with Crippen LogP contribution in [0.15, 0.2) is 52.3 Å². The number of nitrogens with zero attached hydrogens (tertiary/aromatic N) is 6. The molecular weight excluding hydrogens is 332 g/mol. The largest absolute Gasteiger partial charge is 0.355 e. The Balaban J connectivity index is 1.96. The summed E-state index contributed by atoms with van der Waals surface area (Å²) in [6, 6.07) is 11.6. The van der Waals surface area contributed by atoms with Crippen molar-refractivity contribution in [3.8, 4) is 11.8 Å². The number of hydrogen-bond acceptors (Lipinski definition) is 5. The van der Waals surface area contributed by atoms with Gasteiger partial charge < -0.3 is 4.90 Å². The summed E-state index contributed by atoms with van der Waals surface area (Å²) in [5.74, 6) is 0.285. The lowest BCUT2D eigenvalue weighted by Gasteiger charge is -2.22. The van der Waals surface area contributed by atoms with Crippen molar-refractivity contribution in [1.82, 2.24) is 18.9 Å². The summed E-state index contributed by atoms with van der Waals surface area (Å²) in [6.45, 7) is 0.391. The molecule has 8 heteroatoms. The van der Waals surface area contributed by atoms with Gasteiger partial charge in [-0.3, -0.25) is 13.9 Å². The van der Waals surface area contributed by atoms with Gasteiger partial charge in [0, 0.05) is 39.4 Å². The molecule has 3 aromatic rings. The highest BCUT2D eigenvalue weighted by Crippen LogP contribution is 2.16. The summed E-state index contributed by atoms with van der Waals surface area (Å²) >= 11 is 0. The minimum Gasteiger partial charge on any atom is -0.355 e. The van der Waals surface area contributed by atoms with E-state index in [9.17, 15) is 14.9 Å². The first kappa shape index (κ1) is 17.2. The maximum atomic E-state index is 12.2. The summed E-state index contributed by atoms with van der Waals surface area (Å²) in [5.41, 5.74) is 0.675. The van der Waals surface area contributed by atoms with Crippen molar-refractivity contribution in [2.24, 2.45) is 14.1 Å². The molecule has 3 rings (SSSR count). The lowest BCUT2D eigenvalue weighted by atomic mass is 10.2. The van der Waals surface area contributed by atoms with Gasteiger partial charge in [0.2, 0.25) is 0 Å². The van der Waals surface area contributed by atoms with Crippen molar-refractivity contribution in [2.75, 3.05) is 11.9 Å². The van der Waals surface area contributed by atoms with Crippen LogP contribution < -0.4 is 16.1 Å². The Hall–Kier alpha value is -3.60. The molecule has 1 aromatic carbocycles. The molecule has 26 heavy (non-hydrogen) atoms. The Morgan fingerprint density at radius 3 is 2.50 bits per heavy atom. The van der Waals surface area contributed by atoms with E-state index in [1.54, 1.807) is 29.9 Å². The normalized spacial score (nSPS) is 10.5. The molecule has 0 unspecified atom stereocenters. The fourth-order valence-electron chi connectivity index (χ4n) is 2.89. The summed E-state index contributed by atoms with van der Waals surface area (Å²) in [4.78, 5) is 26.1. The van der Waals surface area contributed by atoms with E-state index in [2.05, 4.69) is 5.10 Å². The minimum absolute atomic E-state index is 0.0625. The summed E-state index contributed by atoms with van der Waals surface area (Å²) in [7, 11) is 4.63. The van der Waals surface area contributed by atoms with Gasteiger partial charge in [-0.25, -0.2) is 9.48 Å². The number of hydrogen-bond donors (Lipinski definition) is 0. The van der Waals surface area contributed by atoms with Crippen molar-refractivity contribution < 1.29 is 0 Å². The van der Waals surface area contributed by atoms with Gasteiger partial charge in [-0.15, -0.1) is 0 Å². The van der Waals surface area contributed by atoms with Crippen LogP contribution in [0.3, 0.4) is 0 Å². The second-order valence-electron chi connectivity index (χ2n) is 6.00. The van der Waals surface area contributed by atoms with Gasteiger partial charge in [0.15, 0.2) is 5.56 Å². The van der Waals surface area contributed by atoms with E-state index in [4.69, 9.17) is 0 Å². The number of rotatable bonds is 4. The van der Waals surface area contributed by atoms with E-state index < -0.39 is 11.2 Å². The first-order valence-corrected chi connectivity index (χ1v) is 7.94. The third-order valence-electron chi connectivity index (χ3n) is 4.18. The predicted molar refractivity (Wildman–Crippen MR) is 97.3 cm³/mol. The summed E-state index contributed by atoms with van der Waals surface area (Å²) < 4.78 is 3.99. The first-order chi connectivity index (χ1) is 12.4. The maximum absolute atomic E-state index is 12.2. The molecule has 0 fully saturated rings. The number of benzene rings is 1. The molecule has 0 saturated heterocycles. The second kappa shape index (κ2) is 6.72. The molecule has 0 bridgehead atoms. The third-order valence-corrected chi connectivity index (χ3v) is 4.18. The molecule has 0 aliphatic heterocycles. The lowest BCUT2D eigenvalue weighted by molar-refractivity contribution is 0.667. The Kier molecular flexibility index (Phi) is 4.45. The van der Waals surface area contributed by atoms with Gasteiger partial charge in [0.1, 0.15) is 11.9 Å². The standard InChI is InChI=1S/C18H18N6O2/c1-21(16-15(9-19)17(25)23(3)18(26)22(16)2)11-13-10-20-24(12-13)14-7-5-4-6-8-14/h4-8,10,12H,11H2,1-3H3. The van der Waals surface area contributed by atoms with Gasteiger partial charge in [0.05, 0.1) is 11.9 Å². The molecule has 0 atom stereocenters. The van der Waals surface area contributed by atoms with Gasteiger partial charge in [-0.05, 0) is 12.1 Å². The van der Waals surface area contributed by atoms with E-state index in [1.807, 2.05) is 42.6 Å². The molecule has 0 saturated carbocycles. The van der Waals surface area contributed by atoms with Crippen molar-refractivity contribution in [3.05, 3.63) is 74.7 Å². The van der Waals surface area contributed by atoms with Gasteiger partial charge in [-0.1, -0.05) is 18.2 Å². The van der Waals surface area contributed by atoms with E-state index in [0.717, 1.165) is 15.8 Å². The Bertz CT molecular complexity index is 1100. The zero-order valence-electron chi connectivity index (χ0n) is 14.7. The van der Waals surface area contributed by atoms with Crippen LogP contribution in [0.4, 0.5) is 5.82 Å². The highest BCUT2D eigenvalue weighted by Gasteiger charge is 2.19. The third kappa shape index (κ3) is 2.91. The van der Waals surface area contributed by atoms with Crippen LogP contribution in [-0.2, 0) is 20.6 Å². The average Bonchev–Trinajstić information content (AvgIpc) is 3.11. The minimum atomic E-state index is -0.600. The van der Waals surface area contributed by atoms with Crippen molar-refractivity contribution in [1.29, 1.82) is 5.26 Å². The molecule has 2 heterocycles. The van der Waals surface area contributed by atoms with Crippen molar-refractivity contribution in [2.45, 2.75) is 6.54 Å². The van der Waals surface area contributed by atoms with Crippen LogP contribution in [0.25, 0.3) is 5.69 Å². The molecule has 0 radical (unpaired) electrons. The van der Waals surface area contributed by atoms with Crippen LogP contribution in [0.5, 0.6) is 0 Å². The van der Waals surface area contributed by atoms with Crippen LogP contribution in [0.2, 0.25) is 0 Å². The molecule has 0 amide bonds.